The second-order valence-corrected chi connectivity index (χ2v) is 9.08. The summed E-state index contributed by atoms with van der Waals surface area (Å²) < 4.78 is 13.3. The molecule has 0 saturated carbocycles. The first-order valence-electron chi connectivity index (χ1n) is 7.86. The van der Waals surface area contributed by atoms with E-state index in [0.717, 1.165) is 0 Å². The molecule has 0 radical (unpaired) electrons. The third kappa shape index (κ3) is 4.69. The second-order valence-electron chi connectivity index (χ2n) is 5.42. The first kappa shape index (κ1) is 21.1. The molecule has 1 heterocycles. The molecule has 3 aromatic rings. The van der Waals surface area contributed by atoms with Crippen molar-refractivity contribution in [1.29, 1.82) is 0 Å². The molecule has 0 amide bonds. The van der Waals surface area contributed by atoms with Gasteiger partial charge in [-0.3, -0.25) is 4.79 Å². The molecule has 0 bridgehead atoms. The summed E-state index contributed by atoms with van der Waals surface area (Å²) in [7, 11) is 3.08. The number of carbonyl (C=O) groups excluding carboxylic acids is 1. The fourth-order valence-corrected chi connectivity index (χ4v) is 4.87. The van der Waals surface area contributed by atoms with Crippen molar-refractivity contribution < 1.29 is 14.3 Å². The molecular weight excluding hydrogens is 459 g/mol. The van der Waals surface area contributed by atoms with Gasteiger partial charge >= 0.3 is 0 Å². The van der Waals surface area contributed by atoms with Crippen molar-refractivity contribution in [3.63, 3.8) is 0 Å². The molecule has 0 fully saturated rings. The summed E-state index contributed by atoms with van der Waals surface area (Å²) in [6.45, 7) is 0. The highest BCUT2D eigenvalue weighted by molar-refractivity contribution is 8.01. The molecule has 3 rings (SSSR count). The number of methoxy groups -OCH3 is 2. The predicted molar refractivity (Wildman–Crippen MR) is 117 cm³/mol. The second kappa shape index (κ2) is 9.28. The Kier molecular flexibility index (Phi) is 7.00. The van der Waals surface area contributed by atoms with E-state index in [1.807, 2.05) is 0 Å². The summed E-state index contributed by atoms with van der Waals surface area (Å²) in [4.78, 5) is 12.6. The van der Waals surface area contributed by atoms with Crippen molar-refractivity contribution in [1.82, 2.24) is 9.78 Å². The van der Waals surface area contributed by atoms with Crippen molar-refractivity contribution in [2.75, 3.05) is 20.0 Å². The summed E-state index contributed by atoms with van der Waals surface area (Å²) in [5.74, 6) is 1.22. The zero-order chi connectivity index (χ0) is 20.3. The first-order chi connectivity index (χ1) is 13.4. The van der Waals surface area contributed by atoms with Gasteiger partial charge in [0.05, 0.1) is 41.3 Å². The molecule has 28 heavy (non-hydrogen) atoms. The summed E-state index contributed by atoms with van der Waals surface area (Å²) in [5.41, 5.74) is 1.20. The SMILES string of the molecule is COc1ccc(C(=O)CSc2nn(-c3ccc(Cl)c(Cl)c3)c(=S)s2)c(OC)c1. The Morgan fingerprint density at radius 3 is 2.64 bits per heavy atom. The number of halogens is 2. The number of rotatable bonds is 7. The number of hydrogen-bond donors (Lipinski definition) is 0. The maximum absolute atomic E-state index is 12.6. The van der Waals surface area contributed by atoms with Gasteiger partial charge < -0.3 is 9.47 Å². The van der Waals surface area contributed by atoms with Crippen molar-refractivity contribution in [3.8, 4) is 17.2 Å². The minimum atomic E-state index is -0.0771. The smallest absolute Gasteiger partial charge is 0.184 e. The summed E-state index contributed by atoms with van der Waals surface area (Å²) in [5, 5.41) is 5.36. The van der Waals surface area contributed by atoms with E-state index >= 15 is 0 Å². The van der Waals surface area contributed by atoms with Crippen molar-refractivity contribution in [2.45, 2.75) is 4.34 Å². The van der Waals surface area contributed by atoms with Gasteiger partial charge in [-0.1, -0.05) is 46.3 Å². The van der Waals surface area contributed by atoms with E-state index in [9.17, 15) is 4.79 Å². The van der Waals surface area contributed by atoms with Crippen molar-refractivity contribution >= 4 is 64.3 Å². The third-order valence-corrected chi connectivity index (χ3v) is 6.82. The summed E-state index contributed by atoms with van der Waals surface area (Å²) >= 11 is 20.0. The fourth-order valence-electron chi connectivity index (χ4n) is 2.33. The lowest BCUT2D eigenvalue weighted by atomic mass is 10.1. The first-order valence-corrected chi connectivity index (χ1v) is 10.8. The van der Waals surface area contributed by atoms with Gasteiger partial charge in [0.15, 0.2) is 14.1 Å². The Labute approximate surface area is 185 Å². The maximum Gasteiger partial charge on any atom is 0.184 e. The standard InChI is InChI=1S/C18H14Cl2N2O3S3/c1-24-11-4-5-12(16(8-11)25-2)15(23)9-27-17-21-22(18(26)28-17)10-3-6-13(19)14(20)7-10/h3-8H,9H2,1-2H3. The quantitative estimate of drug-likeness (QED) is 0.240. The Hall–Kier alpha value is -1.58. The monoisotopic (exact) mass is 472 g/mol. The zero-order valence-electron chi connectivity index (χ0n) is 14.8. The molecule has 0 aliphatic carbocycles. The highest BCUT2D eigenvalue weighted by Gasteiger charge is 2.15. The van der Waals surface area contributed by atoms with Crippen LogP contribution in [0.3, 0.4) is 0 Å². The summed E-state index contributed by atoms with van der Waals surface area (Å²) in [6, 6.07) is 10.3. The molecule has 0 spiro atoms. The lowest BCUT2D eigenvalue weighted by Gasteiger charge is -2.09. The maximum atomic E-state index is 12.6. The largest absolute Gasteiger partial charge is 0.497 e. The molecule has 0 unspecified atom stereocenters. The van der Waals surface area contributed by atoms with E-state index in [0.29, 0.717) is 41.1 Å². The van der Waals surface area contributed by atoms with Crippen LogP contribution < -0.4 is 9.47 Å². The van der Waals surface area contributed by atoms with Gasteiger partial charge in [-0.2, -0.15) is 0 Å². The van der Waals surface area contributed by atoms with Crippen LogP contribution in [0.25, 0.3) is 5.69 Å². The van der Waals surface area contributed by atoms with E-state index in [2.05, 4.69) is 5.10 Å². The molecule has 2 aromatic carbocycles. The Balaban J connectivity index is 1.76. The normalized spacial score (nSPS) is 10.7. The van der Waals surface area contributed by atoms with Crippen LogP contribution in [0.15, 0.2) is 40.7 Å². The van der Waals surface area contributed by atoms with Crippen LogP contribution in [0.2, 0.25) is 10.0 Å². The lowest BCUT2D eigenvalue weighted by Crippen LogP contribution is -2.05. The fraction of sp³-hybridized carbons (Fsp3) is 0.167. The van der Waals surface area contributed by atoms with Gasteiger partial charge in [-0.25, -0.2) is 4.68 Å². The molecule has 0 N–H and O–H groups in total. The predicted octanol–water partition coefficient (Wildman–Crippen LogP) is 5.96. The van der Waals surface area contributed by atoms with Gasteiger partial charge in [0.1, 0.15) is 11.5 Å². The molecule has 5 nitrogen and oxygen atoms in total. The lowest BCUT2D eigenvalue weighted by molar-refractivity contribution is 0.101. The number of hydrogen-bond acceptors (Lipinski definition) is 7. The number of Topliss-reactive ketones (excluding diaryl/α,β-unsaturated/α-hetero) is 1. The highest BCUT2D eigenvalue weighted by atomic mass is 35.5. The average molecular weight is 473 g/mol. The van der Waals surface area contributed by atoms with Gasteiger partial charge in [-0.15, -0.1) is 5.10 Å². The van der Waals surface area contributed by atoms with E-state index < -0.39 is 0 Å². The number of thioether (sulfide) groups is 1. The van der Waals surface area contributed by atoms with Crippen molar-refractivity contribution in [3.05, 3.63) is 56.0 Å². The van der Waals surface area contributed by atoms with Gasteiger partial charge in [0.25, 0.3) is 0 Å². The number of ketones is 1. The van der Waals surface area contributed by atoms with E-state index in [4.69, 9.17) is 44.9 Å². The Morgan fingerprint density at radius 2 is 1.96 bits per heavy atom. The summed E-state index contributed by atoms with van der Waals surface area (Å²) in [6.07, 6.45) is 0. The molecule has 0 atom stereocenters. The molecule has 0 aliphatic rings. The minimum absolute atomic E-state index is 0.0771. The molecule has 146 valence electrons. The number of nitrogens with zero attached hydrogens (tertiary/aromatic N) is 2. The zero-order valence-corrected chi connectivity index (χ0v) is 18.7. The van der Waals surface area contributed by atoms with Crippen LogP contribution >= 0.6 is 58.5 Å². The van der Waals surface area contributed by atoms with Crippen molar-refractivity contribution in [2.24, 2.45) is 0 Å². The molecule has 0 aliphatic heterocycles. The van der Waals surface area contributed by atoms with Crippen LogP contribution in [-0.2, 0) is 0 Å². The van der Waals surface area contributed by atoms with Gasteiger partial charge in [-0.05, 0) is 42.5 Å². The topological polar surface area (TPSA) is 53.3 Å². The van der Waals surface area contributed by atoms with Crippen LogP contribution in [0.4, 0.5) is 0 Å². The highest BCUT2D eigenvalue weighted by Crippen LogP contribution is 2.30. The Morgan fingerprint density at radius 1 is 1.18 bits per heavy atom. The average Bonchev–Trinajstić information content (AvgIpc) is 3.08. The molecule has 10 heteroatoms. The van der Waals surface area contributed by atoms with E-state index in [-0.39, 0.29) is 11.5 Å². The van der Waals surface area contributed by atoms with Crippen LogP contribution in [0.1, 0.15) is 10.4 Å². The van der Waals surface area contributed by atoms with Crippen LogP contribution in [0.5, 0.6) is 11.5 Å². The van der Waals surface area contributed by atoms with Gasteiger partial charge in [0.2, 0.25) is 0 Å². The number of aromatic nitrogens is 2. The molecule has 1 aromatic heterocycles. The number of benzene rings is 2. The third-order valence-electron chi connectivity index (χ3n) is 3.71. The van der Waals surface area contributed by atoms with E-state index in [1.165, 1.54) is 30.2 Å². The molecular formula is C18H14Cl2N2O3S3. The number of carbonyl (C=O) groups is 1. The minimum Gasteiger partial charge on any atom is -0.497 e. The van der Waals surface area contributed by atoms with Crippen LogP contribution in [-0.4, -0.2) is 35.5 Å². The van der Waals surface area contributed by atoms with Gasteiger partial charge in [0, 0.05) is 6.07 Å². The Bertz CT molecular complexity index is 1080. The van der Waals surface area contributed by atoms with E-state index in [1.54, 1.807) is 48.2 Å². The van der Waals surface area contributed by atoms with Crippen LogP contribution in [0, 0.1) is 3.95 Å². The molecule has 0 saturated heterocycles. The number of ether oxygens (including phenoxy) is 2.